The number of rotatable bonds is 1. The summed E-state index contributed by atoms with van der Waals surface area (Å²) in [6.45, 7) is 8.46. The minimum absolute atomic E-state index is 0.0602. The minimum atomic E-state index is -4.04. The lowest BCUT2D eigenvalue weighted by atomic mass is 9.94. The molecule has 2 aromatic carbocycles. The van der Waals surface area contributed by atoms with Crippen LogP contribution in [0.15, 0.2) is 53.4 Å². The maximum atomic E-state index is 13.1. The first-order valence-corrected chi connectivity index (χ1v) is 12.0. The van der Waals surface area contributed by atoms with Crippen LogP contribution in [0, 0.1) is 19.3 Å². The topological polar surface area (TPSA) is 110 Å². The van der Waals surface area contributed by atoms with Gasteiger partial charge in [0.2, 0.25) is 11.8 Å². The first-order valence-electron chi connectivity index (χ1n) is 10.5. The lowest BCUT2D eigenvalue weighted by molar-refractivity contribution is 0.0917. The van der Waals surface area contributed by atoms with Crippen molar-refractivity contribution in [2.24, 2.45) is 5.41 Å². The Morgan fingerprint density at radius 1 is 1.00 bits per heavy atom. The number of ether oxygens (including phenoxy) is 1. The van der Waals surface area contributed by atoms with E-state index in [2.05, 4.69) is 20.0 Å². The molecule has 0 saturated carbocycles. The third-order valence-corrected chi connectivity index (χ3v) is 6.74. The van der Waals surface area contributed by atoms with E-state index in [4.69, 9.17) is 4.74 Å². The van der Waals surface area contributed by atoms with Crippen LogP contribution in [0.25, 0.3) is 11.3 Å². The summed E-state index contributed by atoms with van der Waals surface area (Å²) in [6.07, 6.45) is 0. The van der Waals surface area contributed by atoms with Gasteiger partial charge in [-0.15, -0.1) is 0 Å². The normalized spacial score (nSPS) is 17.2. The van der Waals surface area contributed by atoms with Crippen LogP contribution in [0.1, 0.15) is 35.3 Å². The van der Waals surface area contributed by atoms with Crippen molar-refractivity contribution in [3.05, 3.63) is 65.2 Å². The molecule has 0 unspecified atom stereocenters. The Balaban J connectivity index is 1.87. The molecule has 2 N–H and O–H groups in total. The van der Waals surface area contributed by atoms with Gasteiger partial charge < -0.3 is 10.1 Å². The lowest BCUT2D eigenvalue weighted by Gasteiger charge is -2.25. The Morgan fingerprint density at radius 2 is 1.70 bits per heavy atom. The fourth-order valence-electron chi connectivity index (χ4n) is 3.62. The molecule has 1 aliphatic rings. The molecule has 3 aromatic rings. The second-order valence-corrected chi connectivity index (χ2v) is 10.6. The number of aromatic nitrogens is 2. The number of fused-ring (bicyclic) bond motifs is 4. The molecule has 0 aliphatic carbocycles. The van der Waals surface area contributed by atoms with Gasteiger partial charge in [0.25, 0.3) is 15.9 Å². The number of nitrogens with zero attached hydrogens (tertiary/aromatic N) is 2. The van der Waals surface area contributed by atoms with E-state index in [1.165, 1.54) is 18.2 Å². The van der Waals surface area contributed by atoms with Crippen molar-refractivity contribution < 1.29 is 17.9 Å². The van der Waals surface area contributed by atoms with E-state index in [1.807, 2.05) is 45.9 Å². The molecular formula is C24H26N4O4S. The number of hydrogen-bond acceptors (Lipinski definition) is 6. The summed E-state index contributed by atoms with van der Waals surface area (Å²) in [5, 5.41) is 2.85. The number of benzene rings is 2. The van der Waals surface area contributed by atoms with Crippen LogP contribution in [0.3, 0.4) is 0 Å². The van der Waals surface area contributed by atoms with Gasteiger partial charge in [-0.3, -0.25) is 4.79 Å². The van der Waals surface area contributed by atoms with Crippen LogP contribution >= 0.6 is 0 Å². The maximum Gasteiger partial charge on any atom is 0.264 e. The molecule has 172 valence electrons. The third-order valence-electron chi connectivity index (χ3n) is 5.41. The molecule has 1 aliphatic heterocycles. The van der Waals surface area contributed by atoms with E-state index in [9.17, 15) is 13.2 Å². The molecule has 1 aromatic heterocycles. The SMILES string of the molecule is Cc1cccc(C)c1-c1cc2nc(n1)NS(=O)(=O)c1cccc(c1)C(=O)NCC(C)(C)CO2. The number of hydrogen-bond donors (Lipinski definition) is 2. The van der Waals surface area contributed by atoms with Gasteiger partial charge >= 0.3 is 0 Å². The largest absolute Gasteiger partial charge is 0.477 e. The smallest absolute Gasteiger partial charge is 0.264 e. The van der Waals surface area contributed by atoms with Gasteiger partial charge in [0.1, 0.15) is 0 Å². The van der Waals surface area contributed by atoms with Gasteiger partial charge in [-0.05, 0) is 43.2 Å². The Bertz CT molecular complexity index is 1320. The zero-order valence-corrected chi connectivity index (χ0v) is 19.8. The van der Waals surface area contributed by atoms with Crippen LogP contribution in [0.5, 0.6) is 5.88 Å². The number of amides is 1. The van der Waals surface area contributed by atoms with E-state index >= 15 is 0 Å². The van der Waals surface area contributed by atoms with Crippen molar-refractivity contribution >= 4 is 21.9 Å². The van der Waals surface area contributed by atoms with Gasteiger partial charge in [-0.1, -0.05) is 38.1 Å². The first-order chi connectivity index (χ1) is 15.5. The zero-order chi connectivity index (χ0) is 23.8. The maximum absolute atomic E-state index is 13.1. The van der Waals surface area contributed by atoms with Gasteiger partial charge in [-0.2, -0.15) is 4.98 Å². The van der Waals surface area contributed by atoms with E-state index in [1.54, 1.807) is 12.1 Å². The molecular weight excluding hydrogens is 440 g/mol. The molecule has 9 heteroatoms. The highest BCUT2D eigenvalue weighted by Gasteiger charge is 2.24. The average molecular weight is 467 g/mol. The van der Waals surface area contributed by atoms with Crippen LogP contribution in [0.4, 0.5) is 5.95 Å². The molecule has 0 spiro atoms. The Labute approximate surface area is 193 Å². The Kier molecular flexibility index (Phi) is 5.84. The second kappa shape index (κ2) is 8.47. The van der Waals surface area contributed by atoms with Crippen molar-refractivity contribution in [3.8, 4) is 17.1 Å². The number of carbonyl (C=O) groups is 1. The van der Waals surface area contributed by atoms with Crippen molar-refractivity contribution in [3.63, 3.8) is 0 Å². The van der Waals surface area contributed by atoms with Crippen molar-refractivity contribution in [1.29, 1.82) is 0 Å². The molecule has 0 fully saturated rings. The van der Waals surface area contributed by atoms with Crippen LogP contribution in [0.2, 0.25) is 0 Å². The molecule has 4 rings (SSSR count). The standard InChI is InChI=1S/C24H26N4O4S/c1-15-7-5-8-16(2)21(15)19-12-20-27-23(26-19)28-33(30,31)18-10-6-9-17(11-18)22(29)25-13-24(3,4)14-32-20/h5-12H,13-14H2,1-4H3,(H,25,29)(H,26,27,28). The Morgan fingerprint density at radius 3 is 2.42 bits per heavy atom. The lowest BCUT2D eigenvalue weighted by Crippen LogP contribution is -2.37. The van der Waals surface area contributed by atoms with Crippen LogP contribution < -0.4 is 14.8 Å². The molecule has 33 heavy (non-hydrogen) atoms. The molecule has 8 nitrogen and oxygen atoms in total. The van der Waals surface area contributed by atoms with Crippen LogP contribution in [-0.2, 0) is 10.0 Å². The summed E-state index contributed by atoms with van der Waals surface area (Å²) in [5.41, 5.74) is 3.29. The quantitative estimate of drug-likeness (QED) is 0.566. The van der Waals surface area contributed by atoms with Crippen molar-refractivity contribution in [2.45, 2.75) is 32.6 Å². The minimum Gasteiger partial charge on any atom is -0.477 e. The molecule has 2 heterocycles. The van der Waals surface area contributed by atoms with Crippen molar-refractivity contribution in [2.75, 3.05) is 17.9 Å². The number of anilines is 1. The Hall–Kier alpha value is -3.46. The molecule has 1 amide bonds. The first kappa shape index (κ1) is 22.7. The van der Waals surface area contributed by atoms with Crippen LogP contribution in [-0.4, -0.2) is 37.4 Å². The molecule has 0 saturated heterocycles. The molecule has 0 radical (unpaired) electrons. The summed E-state index contributed by atoms with van der Waals surface area (Å²) in [5.74, 6) is -0.218. The number of nitrogens with one attached hydrogen (secondary N) is 2. The summed E-state index contributed by atoms with van der Waals surface area (Å²) in [4.78, 5) is 21.3. The average Bonchev–Trinajstić information content (AvgIpc) is 2.75. The van der Waals surface area contributed by atoms with Gasteiger partial charge in [-0.25, -0.2) is 18.1 Å². The predicted octanol–water partition coefficient (Wildman–Crippen LogP) is 3.71. The number of aryl methyl sites for hydroxylation is 2. The highest BCUT2D eigenvalue weighted by molar-refractivity contribution is 7.92. The number of sulfonamides is 1. The third kappa shape index (κ3) is 4.98. The highest BCUT2D eigenvalue weighted by Crippen LogP contribution is 2.30. The van der Waals surface area contributed by atoms with Gasteiger partial charge in [0, 0.05) is 29.2 Å². The molecule has 4 bridgehead atoms. The summed E-state index contributed by atoms with van der Waals surface area (Å²) < 4.78 is 34.5. The van der Waals surface area contributed by atoms with E-state index in [-0.39, 0.29) is 34.8 Å². The molecule has 0 atom stereocenters. The van der Waals surface area contributed by atoms with Gasteiger partial charge in [0.05, 0.1) is 17.2 Å². The summed E-state index contributed by atoms with van der Waals surface area (Å²) in [6, 6.07) is 13.5. The van der Waals surface area contributed by atoms with E-state index in [0.717, 1.165) is 16.7 Å². The fourth-order valence-corrected chi connectivity index (χ4v) is 4.61. The zero-order valence-electron chi connectivity index (χ0n) is 19.0. The number of carbonyl (C=O) groups excluding carboxylic acids is 1. The van der Waals surface area contributed by atoms with E-state index in [0.29, 0.717) is 12.2 Å². The summed E-state index contributed by atoms with van der Waals surface area (Å²) in [7, 11) is -4.04. The van der Waals surface area contributed by atoms with E-state index < -0.39 is 15.4 Å². The monoisotopic (exact) mass is 466 g/mol. The van der Waals surface area contributed by atoms with Gasteiger partial charge in [0.15, 0.2) is 0 Å². The fraction of sp³-hybridized carbons (Fsp3) is 0.292. The second-order valence-electron chi connectivity index (χ2n) is 8.95. The summed E-state index contributed by atoms with van der Waals surface area (Å²) >= 11 is 0. The predicted molar refractivity (Wildman–Crippen MR) is 126 cm³/mol. The highest BCUT2D eigenvalue weighted by atomic mass is 32.2. The van der Waals surface area contributed by atoms with Crippen molar-refractivity contribution in [1.82, 2.24) is 15.3 Å².